The molecule has 2 rings (SSSR count). The third kappa shape index (κ3) is 3.97. The zero-order valence-corrected chi connectivity index (χ0v) is 13.4. The summed E-state index contributed by atoms with van der Waals surface area (Å²) in [5, 5.41) is 2.95. The molecule has 1 atom stereocenters. The van der Waals surface area contributed by atoms with E-state index in [1.54, 1.807) is 7.11 Å². The Balaban J connectivity index is 2.08. The van der Waals surface area contributed by atoms with Crippen molar-refractivity contribution in [3.63, 3.8) is 0 Å². The minimum Gasteiger partial charge on any atom is -0.496 e. The largest absolute Gasteiger partial charge is 0.496 e. The van der Waals surface area contributed by atoms with Crippen LogP contribution < -0.4 is 10.1 Å². The smallest absolute Gasteiger partial charge is 0.249 e. The van der Waals surface area contributed by atoms with E-state index in [1.807, 2.05) is 6.07 Å². The second kappa shape index (κ2) is 6.48. The lowest BCUT2D eigenvalue weighted by atomic mass is 9.86. The third-order valence-electron chi connectivity index (χ3n) is 3.82. The zero-order valence-electron chi connectivity index (χ0n) is 13.4. The molecule has 1 aromatic rings. The van der Waals surface area contributed by atoms with Gasteiger partial charge in [-0.05, 0) is 36.0 Å². The molecule has 0 spiro atoms. The van der Waals surface area contributed by atoms with Crippen molar-refractivity contribution in [2.75, 3.05) is 13.7 Å². The minimum atomic E-state index is -0.290. The highest BCUT2D eigenvalue weighted by molar-refractivity contribution is 5.81. The first-order valence-corrected chi connectivity index (χ1v) is 7.48. The van der Waals surface area contributed by atoms with Crippen molar-refractivity contribution >= 4 is 5.91 Å². The van der Waals surface area contributed by atoms with Gasteiger partial charge in [-0.15, -0.1) is 0 Å². The van der Waals surface area contributed by atoms with Gasteiger partial charge in [0.25, 0.3) is 0 Å². The Morgan fingerprint density at radius 1 is 1.43 bits per heavy atom. The van der Waals surface area contributed by atoms with Crippen molar-refractivity contribution in [3.05, 3.63) is 29.3 Å². The third-order valence-corrected chi connectivity index (χ3v) is 3.82. The van der Waals surface area contributed by atoms with Crippen LogP contribution in [0.15, 0.2) is 18.2 Å². The SMILES string of the molecule is COc1ccc(C(C)(C)C)cc1CNC(=O)C1CCCO1. The summed E-state index contributed by atoms with van der Waals surface area (Å²) in [7, 11) is 1.65. The number of rotatable bonds is 4. The van der Waals surface area contributed by atoms with Crippen LogP contribution in [0.5, 0.6) is 5.75 Å². The Morgan fingerprint density at radius 3 is 2.76 bits per heavy atom. The molecule has 0 saturated carbocycles. The van der Waals surface area contributed by atoms with Crippen LogP contribution in [-0.4, -0.2) is 25.7 Å². The molecule has 116 valence electrons. The van der Waals surface area contributed by atoms with E-state index in [2.05, 4.69) is 38.2 Å². The molecule has 1 aliphatic heterocycles. The van der Waals surface area contributed by atoms with Crippen molar-refractivity contribution < 1.29 is 14.3 Å². The molecule has 1 N–H and O–H groups in total. The molecule has 1 unspecified atom stereocenters. The van der Waals surface area contributed by atoms with Crippen molar-refractivity contribution in [1.29, 1.82) is 0 Å². The number of hydrogen-bond donors (Lipinski definition) is 1. The van der Waals surface area contributed by atoms with Crippen LogP contribution in [0.2, 0.25) is 0 Å². The highest BCUT2D eigenvalue weighted by atomic mass is 16.5. The normalized spacial score (nSPS) is 18.6. The van der Waals surface area contributed by atoms with Crippen LogP contribution >= 0.6 is 0 Å². The van der Waals surface area contributed by atoms with Gasteiger partial charge in [0.05, 0.1) is 7.11 Å². The maximum absolute atomic E-state index is 12.0. The van der Waals surface area contributed by atoms with Crippen LogP contribution in [0.3, 0.4) is 0 Å². The molecule has 1 aromatic carbocycles. The van der Waals surface area contributed by atoms with E-state index in [-0.39, 0.29) is 17.4 Å². The number of carbonyl (C=O) groups is 1. The number of benzene rings is 1. The molecule has 1 fully saturated rings. The zero-order chi connectivity index (χ0) is 15.5. The van der Waals surface area contributed by atoms with Crippen LogP contribution in [0.4, 0.5) is 0 Å². The Hall–Kier alpha value is -1.55. The van der Waals surface area contributed by atoms with Crippen LogP contribution in [-0.2, 0) is 21.5 Å². The predicted octanol–water partition coefficient (Wildman–Crippen LogP) is 2.79. The maximum Gasteiger partial charge on any atom is 0.249 e. The van der Waals surface area contributed by atoms with Crippen molar-refractivity contribution in [3.8, 4) is 5.75 Å². The molecule has 4 nitrogen and oxygen atoms in total. The maximum atomic E-state index is 12.0. The van der Waals surface area contributed by atoms with E-state index in [4.69, 9.17) is 9.47 Å². The summed E-state index contributed by atoms with van der Waals surface area (Å²) in [6, 6.07) is 6.15. The number of nitrogens with one attached hydrogen (secondary N) is 1. The molecule has 0 aliphatic carbocycles. The van der Waals surface area contributed by atoms with Gasteiger partial charge in [0.15, 0.2) is 0 Å². The van der Waals surface area contributed by atoms with E-state index in [0.29, 0.717) is 13.2 Å². The Morgan fingerprint density at radius 2 is 2.19 bits per heavy atom. The van der Waals surface area contributed by atoms with Gasteiger partial charge in [0, 0.05) is 18.7 Å². The summed E-state index contributed by atoms with van der Waals surface area (Å²) >= 11 is 0. The Kier molecular flexibility index (Phi) is 4.88. The van der Waals surface area contributed by atoms with E-state index < -0.39 is 0 Å². The van der Waals surface area contributed by atoms with Gasteiger partial charge in [-0.1, -0.05) is 26.8 Å². The topological polar surface area (TPSA) is 47.6 Å². The summed E-state index contributed by atoms with van der Waals surface area (Å²) in [5.74, 6) is 0.770. The fourth-order valence-corrected chi connectivity index (χ4v) is 2.46. The summed E-state index contributed by atoms with van der Waals surface area (Å²) in [5.41, 5.74) is 2.29. The fourth-order valence-electron chi connectivity index (χ4n) is 2.46. The van der Waals surface area contributed by atoms with E-state index in [1.165, 1.54) is 5.56 Å². The first-order chi connectivity index (χ1) is 9.91. The van der Waals surface area contributed by atoms with Gasteiger partial charge in [-0.25, -0.2) is 0 Å². The lowest BCUT2D eigenvalue weighted by Gasteiger charge is -2.21. The van der Waals surface area contributed by atoms with Crippen LogP contribution in [0, 0.1) is 0 Å². The summed E-state index contributed by atoms with van der Waals surface area (Å²) in [4.78, 5) is 12.0. The molecular formula is C17H25NO3. The number of ether oxygens (including phenoxy) is 2. The number of carbonyl (C=O) groups excluding carboxylic acids is 1. The summed E-state index contributed by atoms with van der Waals surface area (Å²) in [6.07, 6.45) is 1.48. The highest BCUT2D eigenvalue weighted by Gasteiger charge is 2.23. The average molecular weight is 291 g/mol. The van der Waals surface area contributed by atoms with E-state index >= 15 is 0 Å². The Bertz CT molecular complexity index is 499. The molecule has 0 radical (unpaired) electrons. The monoisotopic (exact) mass is 291 g/mol. The van der Waals surface area contributed by atoms with E-state index in [0.717, 1.165) is 24.2 Å². The highest BCUT2D eigenvalue weighted by Crippen LogP contribution is 2.28. The van der Waals surface area contributed by atoms with Gasteiger partial charge < -0.3 is 14.8 Å². The van der Waals surface area contributed by atoms with Gasteiger partial charge in [0.2, 0.25) is 5.91 Å². The molecule has 4 heteroatoms. The number of amides is 1. The molecule has 1 aliphatic rings. The number of methoxy groups -OCH3 is 1. The minimum absolute atomic E-state index is 0.0317. The lowest BCUT2D eigenvalue weighted by molar-refractivity contribution is -0.130. The standard InChI is InChI=1S/C17H25NO3/c1-17(2,3)13-7-8-14(20-4)12(10-13)11-18-16(19)15-6-5-9-21-15/h7-8,10,15H,5-6,9,11H2,1-4H3,(H,18,19). The first kappa shape index (κ1) is 15.8. The second-order valence-corrected chi connectivity index (χ2v) is 6.50. The number of hydrogen-bond acceptors (Lipinski definition) is 3. The van der Waals surface area contributed by atoms with Gasteiger partial charge in [0.1, 0.15) is 11.9 Å². The van der Waals surface area contributed by atoms with Gasteiger partial charge in [-0.3, -0.25) is 4.79 Å². The Labute approximate surface area is 126 Å². The fraction of sp³-hybridized carbons (Fsp3) is 0.588. The summed E-state index contributed by atoms with van der Waals surface area (Å²) < 4.78 is 10.8. The predicted molar refractivity (Wildman–Crippen MR) is 82.5 cm³/mol. The molecule has 0 bridgehead atoms. The second-order valence-electron chi connectivity index (χ2n) is 6.50. The molecule has 1 heterocycles. The summed E-state index contributed by atoms with van der Waals surface area (Å²) in [6.45, 7) is 7.66. The molecule has 21 heavy (non-hydrogen) atoms. The molecular weight excluding hydrogens is 266 g/mol. The lowest BCUT2D eigenvalue weighted by Crippen LogP contribution is -2.33. The molecule has 1 saturated heterocycles. The van der Waals surface area contributed by atoms with Crippen LogP contribution in [0.25, 0.3) is 0 Å². The van der Waals surface area contributed by atoms with Crippen molar-refractivity contribution in [2.45, 2.75) is 51.7 Å². The first-order valence-electron chi connectivity index (χ1n) is 7.48. The molecule has 0 aromatic heterocycles. The van der Waals surface area contributed by atoms with Crippen molar-refractivity contribution in [1.82, 2.24) is 5.32 Å². The van der Waals surface area contributed by atoms with Gasteiger partial charge in [-0.2, -0.15) is 0 Å². The quantitative estimate of drug-likeness (QED) is 0.928. The average Bonchev–Trinajstić information content (AvgIpc) is 2.97. The van der Waals surface area contributed by atoms with Gasteiger partial charge >= 0.3 is 0 Å². The van der Waals surface area contributed by atoms with E-state index in [9.17, 15) is 4.79 Å². The molecule has 1 amide bonds. The van der Waals surface area contributed by atoms with Crippen molar-refractivity contribution in [2.24, 2.45) is 0 Å². The van der Waals surface area contributed by atoms with Crippen LogP contribution in [0.1, 0.15) is 44.7 Å².